The van der Waals surface area contributed by atoms with Crippen LogP contribution in [0.25, 0.3) is 23.2 Å². The van der Waals surface area contributed by atoms with Crippen molar-refractivity contribution in [3.05, 3.63) is 92.0 Å². The quantitative estimate of drug-likeness (QED) is 0.573. The van der Waals surface area contributed by atoms with Gasteiger partial charge in [-0.25, -0.2) is 0 Å². The van der Waals surface area contributed by atoms with Gasteiger partial charge >= 0.3 is 0 Å². The Morgan fingerprint density at radius 2 is 1.72 bits per heavy atom. The van der Waals surface area contributed by atoms with Gasteiger partial charge in [-0.1, -0.05) is 77.6 Å². The molecule has 0 aliphatic heterocycles. The van der Waals surface area contributed by atoms with Crippen molar-refractivity contribution in [2.45, 2.75) is 6.92 Å². The fraction of sp³-hybridized carbons (Fsp3) is 0.0500. The lowest BCUT2D eigenvalue weighted by atomic mass is 10.1. The normalized spacial score (nSPS) is 12.4. The van der Waals surface area contributed by atoms with E-state index in [0.717, 1.165) is 11.1 Å². The monoisotopic (exact) mass is 345 g/mol. The zero-order chi connectivity index (χ0) is 17.2. The van der Waals surface area contributed by atoms with Crippen molar-refractivity contribution < 1.29 is 0 Å². The summed E-state index contributed by atoms with van der Waals surface area (Å²) in [6.45, 7) is 2.04. The van der Waals surface area contributed by atoms with Crippen LogP contribution in [-0.2, 0) is 0 Å². The highest BCUT2D eigenvalue weighted by Crippen LogP contribution is 2.08. The van der Waals surface area contributed by atoms with Crippen molar-refractivity contribution in [3.63, 3.8) is 0 Å². The second-order valence-electron chi connectivity index (χ2n) is 5.73. The Kier molecular flexibility index (Phi) is 3.99. The number of aryl methyl sites for hydroxylation is 1. The Morgan fingerprint density at radius 1 is 0.960 bits per heavy atom. The topological polar surface area (TPSA) is 47.3 Å². The van der Waals surface area contributed by atoms with Gasteiger partial charge < -0.3 is 0 Å². The van der Waals surface area contributed by atoms with Crippen LogP contribution in [0.5, 0.6) is 0 Å². The highest BCUT2D eigenvalue weighted by atomic mass is 32.1. The molecule has 0 aliphatic rings. The van der Waals surface area contributed by atoms with Crippen LogP contribution in [0.2, 0.25) is 0 Å². The molecule has 5 heteroatoms. The molecule has 0 spiro atoms. The van der Waals surface area contributed by atoms with E-state index in [4.69, 9.17) is 0 Å². The van der Waals surface area contributed by atoms with E-state index in [2.05, 4.69) is 10.1 Å². The Morgan fingerprint density at radius 3 is 2.44 bits per heavy atom. The number of hydrogen-bond acceptors (Lipinski definition) is 4. The van der Waals surface area contributed by atoms with Gasteiger partial charge in [-0.2, -0.15) is 9.50 Å². The molecule has 122 valence electrons. The molecule has 0 fully saturated rings. The molecule has 4 nitrogen and oxygen atoms in total. The lowest BCUT2D eigenvalue weighted by Gasteiger charge is -1.92. The SMILES string of the molecule is Cc1ccc(/C=c2/sc3nc(/C=C/c4ccccc4)nn3c2=O)cc1. The van der Waals surface area contributed by atoms with Crippen molar-refractivity contribution in [1.29, 1.82) is 0 Å². The van der Waals surface area contributed by atoms with Crippen LogP contribution in [0.15, 0.2) is 59.4 Å². The second-order valence-corrected chi connectivity index (χ2v) is 6.74. The molecular weight excluding hydrogens is 330 g/mol. The molecule has 4 aromatic rings. The smallest absolute Gasteiger partial charge is 0.266 e. The summed E-state index contributed by atoms with van der Waals surface area (Å²) < 4.78 is 2.01. The molecule has 0 saturated heterocycles. The van der Waals surface area contributed by atoms with Crippen LogP contribution >= 0.6 is 11.3 Å². The first-order valence-corrected chi connectivity index (χ1v) is 8.72. The van der Waals surface area contributed by atoms with E-state index in [1.807, 2.05) is 79.7 Å². The van der Waals surface area contributed by atoms with Crippen molar-refractivity contribution in [2.24, 2.45) is 0 Å². The largest absolute Gasteiger partial charge is 0.291 e. The molecule has 0 unspecified atom stereocenters. The third-order valence-electron chi connectivity index (χ3n) is 3.80. The molecule has 0 aliphatic carbocycles. The first-order valence-electron chi connectivity index (χ1n) is 7.90. The van der Waals surface area contributed by atoms with Crippen LogP contribution in [0.4, 0.5) is 0 Å². The lowest BCUT2D eigenvalue weighted by Crippen LogP contribution is -2.23. The minimum Gasteiger partial charge on any atom is -0.266 e. The summed E-state index contributed by atoms with van der Waals surface area (Å²) in [5.41, 5.74) is 3.12. The van der Waals surface area contributed by atoms with E-state index in [9.17, 15) is 4.79 Å². The summed E-state index contributed by atoms with van der Waals surface area (Å²) in [5, 5.41) is 4.30. The van der Waals surface area contributed by atoms with Gasteiger partial charge in [-0.05, 0) is 30.2 Å². The number of hydrogen-bond donors (Lipinski definition) is 0. The van der Waals surface area contributed by atoms with Crippen LogP contribution in [0.1, 0.15) is 22.5 Å². The summed E-state index contributed by atoms with van der Waals surface area (Å²) >= 11 is 1.35. The van der Waals surface area contributed by atoms with Gasteiger partial charge in [0.25, 0.3) is 5.56 Å². The molecule has 0 radical (unpaired) electrons. The lowest BCUT2D eigenvalue weighted by molar-refractivity contribution is 0.925. The minimum atomic E-state index is -0.132. The molecule has 0 amide bonds. The summed E-state index contributed by atoms with van der Waals surface area (Å²) in [6, 6.07) is 18.0. The molecule has 2 aromatic carbocycles. The molecule has 2 aromatic heterocycles. The van der Waals surface area contributed by atoms with Crippen LogP contribution in [0, 0.1) is 6.92 Å². The van der Waals surface area contributed by atoms with Crippen LogP contribution in [-0.4, -0.2) is 14.6 Å². The van der Waals surface area contributed by atoms with E-state index < -0.39 is 0 Å². The Balaban J connectivity index is 1.68. The van der Waals surface area contributed by atoms with E-state index in [0.29, 0.717) is 15.3 Å². The average molecular weight is 345 g/mol. The van der Waals surface area contributed by atoms with Crippen molar-refractivity contribution in [1.82, 2.24) is 14.6 Å². The standard InChI is InChI=1S/C20H15N3OS/c1-14-7-9-16(10-8-14)13-17-19(24)23-20(25-17)21-18(22-23)12-11-15-5-3-2-4-6-15/h2-13H,1H3/b12-11+,17-13+. The molecular formula is C20H15N3OS. The average Bonchev–Trinajstić information content (AvgIpc) is 3.15. The maximum Gasteiger partial charge on any atom is 0.291 e. The van der Waals surface area contributed by atoms with Crippen molar-refractivity contribution in [3.8, 4) is 0 Å². The molecule has 25 heavy (non-hydrogen) atoms. The minimum absolute atomic E-state index is 0.132. The van der Waals surface area contributed by atoms with E-state index in [1.54, 1.807) is 0 Å². The first-order chi connectivity index (χ1) is 12.2. The van der Waals surface area contributed by atoms with Gasteiger partial charge in [0, 0.05) is 0 Å². The number of aromatic nitrogens is 3. The molecule has 0 saturated carbocycles. The molecule has 0 bridgehead atoms. The molecule has 2 heterocycles. The Hall–Kier alpha value is -3.05. The maximum atomic E-state index is 12.5. The number of fused-ring (bicyclic) bond motifs is 1. The summed E-state index contributed by atoms with van der Waals surface area (Å²) in [4.78, 5) is 17.5. The van der Waals surface area contributed by atoms with Crippen LogP contribution in [0.3, 0.4) is 0 Å². The predicted molar refractivity (Wildman–Crippen MR) is 102 cm³/mol. The number of benzene rings is 2. The van der Waals surface area contributed by atoms with Gasteiger partial charge in [0.15, 0.2) is 5.82 Å². The number of rotatable bonds is 3. The molecule has 0 N–H and O–H groups in total. The van der Waals surface area contributed by atoms with Crippen molar-refractivity contribution in [2.75, 3.05) is 0 Å². The van der Waals surface area contributed by atoms with E-state index in [1.165, 1.54) is 21.4 Å². The maximum absolute atomic E-state index is 12.5. The van der Waals surface area contributed by atoms with Gasteiger partial charge in [0.2, 0.25) is 4.96 Å². The highest BCUT2D eigenvalue weighted by Gasteiger charge is 2.08. The third kappa shape index (κ3) is 3.27. The fourth-order valence-corrected chi connectivity index (χ4v) is 3.38. The zero-order valence-corrected chi connectivity index (χ0v) is 14.4. The third-order valence-corrected chi connectivity index (χ3v) is 4.76. The predicted octanol–water partition coefficient (Wildman–Crippen LogP) is 3.18. The summed E-state index contributed by atoms with van der Waals surface area (Å²) in [5.74, 6) is 0.536. The van der Waals surface area contributed by atoms with E-state index in [-0.39, 0.29) is 5.56 Å². The summed E-state index contributed by atoms with van der Waals surface area (Å²) in [7, 11) is 0. The number of thiazole rings is 1. The van der Waals surface area contributed by atoms with Crippen LogP contribution < -0.4 is 10.1 Å². The van der Waals surface area contributed by atoms with Gasteiger partial charge in [0.1, 0.15) is 0 Å². The second kappa shape index (κ2) is 6.45. The Labute approximate surface area is 148 Å². The fourth-order valence-electron chi connectivity index (χ4n) is 2.47. The van der Waals surface area contributed by atoms with Gasteiger partial charge in [0.05, 0.1) is 4.53 Å². The van der Waals surface area contributed by atoms with Gasteiger partial charge in [-0.3, -0.25) is 4.79 Å². The zero-order valence-electron chi connectivity index (χ0n) is 13.6. The molecule has 0 atom stereocenters. The number of nitrogens with zero attached hydrogens (tertiary/aromatic N) is 3. The highest BCUT2D eigenvalue weighted by molar-refractivity contribution is 7.15. The van der Waals surface area contributed by atoms with E-state index >= 15 is 0 Å². The Bertz CT molecular complexity index is 1160. The molecule has 4 rings (SSSR count). The summed E-state index contributed by atoms with van der Waals surface area (Å²) in [6.07, 6.45) is 5.63. The van der Waals surface area contributed by atoms with Crippen molar-refractivity contribution >= 4 is 34.5 Å². The van der Waals surface area contributed by atoms with Gasteiger partial charge in [-0.15, -0.1) is 5.10 Å². The first kappa shape index (κ1) is 15.5.